The SMILES string of the molecule is CN(C(=O)C(=C=O)Cc1ccccn1)c1cccs1. The van der Waals surface area contributed by atoms with E-state index in [-0.39, 0.29) is 17.9 Å². The van der Waals surface area contributed by atoms with Crippen molar-refractivity contribution in [3.63, 3.8) is 0 Å². The lowest BCUT2D eigenvalue weighted by atomic mass is 10.1. The summed E-state index contributed by atoms with van der Waals surface area (Å²) in [7, 11) is 1.64. The summed E-state index contributed by atoms with van der Waals surface area (Å²) in [6.45, 7) is 0. The summed E-state index contributed by atoms with van der Waals surface area (Å²) in [4.78, 5) is 28.7. The molecule has 0 N–H and O–H groups in total. The van der Waals surface area contributed by atoms with Gasteiger partial charge >= 0.3 is 0 Å². The Hall–Kier alpha value is -2.23. The highest BCUT2D eigenvalue weighted by molar-refractivity contribution is 7.14. The number of rotatable bonds is 4. The lowest BCUT2D eigenvalue weighted by molar-refractivity contribution is -0.114. The number of nitrogens with zero attached hydrogens (tertiary/aromatic N) is 2. The average molecular weight is 272 g/mol. The van der Waals surface area contributed by atoms with Crippen molar-refractivity contribution in [2.75, 3.05) is 11.9 Å². The zero-order chi connectivity index (χ0) is 13.7. The molecular formula is C14H12N2O2S. The van der Waals surface area contributed by atoms with Gasteiger partial charge in [0.05, 0.1) is 5.00 Å². The lowest BCUT2D eigenvalue weighted by Gasteiger charge is -2.15. The minimum Gasteiger partial charge on any atom is -0.302 e. The molecule has 0 aromatic carbocycles. The van der Waals surface area contributed by atoms with Gasteiger partial charge in [0.2, 0.25) is 0 Å². The number of anilines is 1. The summed E-state index contributed by atoms with van der Waals surface area (Å²) >= 11 is 1.44. The molecule has 2 heterocycles. The Balaban J connectivity index is 2.15. The van der Waals surface area contributed by atoms with E-state index in [9.17, 15) is 9.59 Å². The quantitative estimate of drug-likeness (QED) is 0.632. The van der Waals surface area contributed by atoms with Crippen LogP contribution in [0.5, 0.6) is 0 Å². The molecule has 5 heteroatoms. The van der Waals surface area contributed by atoms with Crippen molar-refractivity contribution in [3.8, 4) is 0 Å². The standard InChI is InChI=1S/C14H12N2O2S/c1-16(13-6-4-8-19-13)14(18)11(10-17)9-12-5-2-3-7-15-12/h2-8H,9H2,1H3. The molecule has 0 aliphatic rings. The molecule has 0 atom stereocenters. The van der Waals surface area contributed by atoms with Crippen molar-refractivity contribution in [2.45, 2.75) is 6.42 Å². The first-order valence-electron chi connectivity index (χ1n) is 5.68. The molecule has 0 saturated heterocycles. The van der Waals surface area contributed by atoms with Gasteiger partial charge in [-0.1, -0.05) is 6.07 Å². The monoisotopic (exact) mass is 272 g/mol. The third kappa shape index (κ3) is 3.16. The molecule has 2 aromatic rings. The number of amides is 1. The van der Waals surface area contributed by atoms with Crippen LogP contribution in [0.25, 0.3) is 0 Å². The maximum Gasteiger partial charge on any atom is 0.266 e. The Labute approximate surface area is 115 Å². The molecule has 1 amide bonds. The Morgan fingerprint density at radius 2 is 2.21 bits per heavy atom. The molecule has 0 aliphatic carbocycles. The largest absolute Gasteiger partial charge is 0.302 e. The zero-order valence-corrected chi connectivity index (χ0v) is 11.2. The number of pyridine rings is 1. The summed E-state index contributed by atoms with van der Waals surface area (Å²) < 4.78 is 0. The van der Waals surface area contributed by atoms with Gasteiger partial charge in [0.25, 0.3) is 5.91 Å². The van der Waals surface area contributed by atoms with Crippen LogP contribution in [0.4, 0.5) is 5.00 Å². The molecule has 96 valence electrons. The summed E-state index contributed by atoms with van der Waals surface area (Å²) in [5.41, 5.74) is 0.753. The Morgan fingerprint density at radius 1 is 1.37 bits per heavy atom. The first-order chi connectivity index (χ1) is 9.22. The minimum absolute atomic E-state index is 0.0783. The highest BCUT2D eigenvalue weighted by atomic mass is 32.1. The predicted octanol–water partition coefficient (Wildman–Crippen LogP) is 2.11. The fourth-order valence-electron chi connectivity index (χ4n) is 1.60. The lowest BCUT2D eigenvalue weighted by Crippen LogP contribution is -2.28. The van der Waals surface area contributed by atoms with Crippen molar-refractivity contribution < 1.29 is 9.59 Å². The van der Waals surface area contributed by atoms with Gasteiger partial charge in [0, 0.05) is 25.4 Å². The number of aromatic nitrogens is 1. The molecule has 0 aliphatic heterocycles. The van der Waals surface area contributed by atoms with Crippen molar-refractivity contribution in [1.82, 2.24) is 4.98 Å². The number of carbonyl (C=O) groups is 1. The zero-order valence-electron chi connectivity index (χ0n) is 10.4. The van der Waals surface area contributed by atoms with Crippen LogP contribution in [0.15, 0.2) is 47.5 Å². The summed E-state index contributed by atoms with van der Waals surface area (Å²) in [5.74, 6) is 1.39. The third-order valence-corrected chi connectivity index (χ3v) is 3.55. The molecule has 0 saturated carbocycles. The van der Waals surface area contributed by atoms with Gasteiger partial charge in [-0.25, -0.2) is 4.79 Å². The molecule has 2 rings (SSSR count). The molecule has 0 fully saturated rings. The van der Waals surface area contributed by atoms with Crippen LogP contribution in [0.2, 0.25) is 0 Å². The van der Waals surface area contributed by atoms with Gasteiger partial charge in [0.15, 0.2) is 0 Å². The van der Waals surface area contributed by atoms with Gasteiger partial charge in [-0.05, 0) is 29.6 Å². The highest BCUT2D eigenvalue weighted by Crippen LogP contribution is 2.21. The Kier molecular flexibility index (Phi) is 4.23. The van der Waals surface area contributed by atoms with Crippen LogP contribution in [0.3, 0.4) is 0 Å². The summed E-state index contributed by atoms with van der Waals surface area (Å²) in [6.07, 6.45) is 1.82. The van der Waals surface area contributed by atoms with Crippen LogP contribution in [0.1, 0.15) is 5.69 Å². The van der Waals surface area contributed by atoms with Gasteiger partial charge in [-0.3, -0.25) is 9.78 Å². The van der Waals surface area contributed by atoms with Gasteiger partial charge in [-0.15, -0.1) is 11.3 Å². The van der Waals surface area contributed by atoms with Crippen LogP contribution in [0, 0.1) is 0 Å². The van der Waals surface area contributed by atoms with Crippen LogP contribution < -0.4 is 4.90 Å². The fraction of sp³-hybridized carbons (Fsp3) is 0.143. The van der Waals surface area contributed by atoms with Crippen LogP contribution in [-0.4, -0.2) is 23.9 Å². The maximum absolute atomic E-state index is 12.2. The predicted molar refractivity (Wildman–Crippen MR) is 74.9 cm³/mol. The molecule has 4 nitrogen and oxygen atoms in total. The van der Waals surface area contributed by atoms with Crippen molar-refractivity contribution in [2.24, 2.45) is 0 Å². The molecular weight excluding hydrogens is 260 g/mol. The van der Waals surface area contributed by atoms with Crippen LogP contribution in [-0.2, 0) is 16.0 Å². The highest BCUT2D eigenvalue weighted by Gasteiger charge is 2.18. The van der Waals surface area contributed by atoms with E-state index in [4.69, 9.17) is 0 Å². The normalized spacial score (nSPS) is 9.74. The van der Waals surface area contributed by atoms with E-state index in [1.807, 2.05) is 23.6 Å². The van der Waals surface area contributed by atoms with Crippen LogP contribution >= 0.6 is 11.3 Å². The molecule has 19 heavy (non-hydrogen) atoms. The summed E-state index contributed by atoms with van der Waals surface area (Å²) in [6, 6.07) is 9.06. The molecule has 2 aromatic heterocycles. The van der Waals surface area contributed by atoms with Crippen molar-refractivity contribution >= 4 is 28.2 Å². The Morgan fingerprint density at radius 3 is 2.79 bits per heavy atom. The number of likely N-dealkylation sites (N-methyl/N-ethyl adjacent to an activating group) is 1. The average Bonchev–Trinajstić information content (AvgIpc) is 2.98. The molecule has 0 unspecified atom stereocenters. The number of hydrogen-bond donors (Lipinski definition) is 0. The van der Waals surface area contributed by atoms with E-state index in [0.29, 0.717) is 5.69 Å². The van der Waals surface area contributed by atoms with E-state index >= 15 is 0 Å². The van der Waals surface area contributed by atoms with E-state index in [1.54, 1.807) is 31.3 Å². The van der Waals surface area contributed by atoms with Gasteiger partial charge in [-0.2, -0.15) is 0 Å². The van der Waals surface area contributed by atoms with E-state index in [2.05, 4.69) is 4.98 Å². The fourth-order valence-corrected chi connectivity index (χ4v) is 2.30. The number of carbonyl (C=O) groups excluding carboxylic acids is 2. The minimum atomic E-state index is -0.344. The van der Waals surface area contributed by atoms with Crippen molar-refractivity contribution in [3.05, 3.63) is 53.2 Å². The number of hydrogen-bond acceptors (Lipinski definition) is 4. The molecule has 0 bridgehead atoms. The van der Waals surface area contributed by atoms with E-state index < -0.39 is 0 Å². The second-order valence-corrected chi connectivity index (χ2v) is 4.82. The summed E-state index contributed by atoms with van der Waals surface area (Å²) in [5, 5.41) is 2.67. The Bertz CT molecular complexity index is 602. The van der Waals surface area contributed by atoms with Crippen molar-refractivity contribution in [1.29, 1.82) is 0 Å². The maximum atomic E-state index is 12.2. The second-order valence-electron chi connectivity index (χ2n) is 3.89. The topological polar surface area (TPSA) is 50.3 Å². The molecule has 0 spiro atoms. The van der Waals surface area contributed by atoms with E-state index in [0.717, 1.165) is 5.00 Å². The third-order valence-electron chi connectivity index (χ3n) is 2.61. The first-order valence-corrected chi connectivity index (χ1v) is 6.56. The first kappa shape index (κ1) is 13.2. The molecule has 0 radical (unpaired) electrons. The van der Waals surface area contributed by atoms with Gasteiger partial charge < -0.3 is 4.90 Å². The van der Waals surface area contributed by atoms with E-state index in [1.165, 1.54) is 16.2 Å². The number of thiophene rings is 1. The van der Waals surface area contributed by atoms with Gasteiger partial charge in [0.1, 0.15) is 11.5 Å². The smallest absolute Gasteiger partial charge is 0.266 e. The second kappa shape index (κ2) is 6.09.